The van der Waals surface area contributed by atoms with Crippen molar-refractivity contribution in [2.24, 2.45) is 0 Å². The average Bonchev–Trinajstić information content (AvgIpc) is 3.33. The Morgan fingerprint density at radius 1 is 1.14 bits per heavy atom. The van der Waals surface area contributed by atoms with Gasteiger partial charge in [0.15, 0.2) is 11.5 Å². The van der Waals surface area contributed by atoms with E-state index in [1.807, 2.05) is 48.7 Å². The predicted octanol–water partition coefficient (Wildman–Crippen LogP) is 3.34. The van der Waals surface area contributed by atoms with Gasteiger partial charge in [-0.05, 0) is 41.6 Å². The minimum Gasteiger partial charge on any atom is -0.454 e. The summed E-state index contributed by atoms with van der Waals surface area (Å²) in [7, 11) is 0. The van der Waals surface area contributed by atoms with Crippen molar-refractivity contribution in [3.63, 3.8) is 0 Å². The molecule has 0 atom stereocenters. The lowest BCUT2D eigenvalue weighted by molar-refractivity contribution is 0.0954. The Bertz CT molecular complexity index is 1060. The SMILES string of the molecule is CSc1ccc(Cn2cc(C(=O)NCc3ccc4c(c3)OCO4)sc2=O)cc1. The van der Waals surface area contributed by atoms with Crippen molar-refractivity contribution in [1.82, 2.24) is 9.88 Å². The molecule has 0 bridgehead atoms. The van der Waals surface area contributed by atoms with Gasteiger partial charge in [0.2, 0.25) is 6.79 Å². The zero-order valence-corrected chi connectivity index (χ0v) is 16.8. The van der Waals surface area contributed by atoms with E-state index in [4.69, 9.17) is 9.47 Å². The van der Waals surface area contributed by atoms with Crippen LogP contribution in [-0.4, -0.2) is 23.5 Å². The van der Waals surface area contributed by atoms with Crippen LogP contribution in [0, 0.1) is 0 Å². The molecule has 0 saturated heterocycles. The molecule has 2 aromatic carbocycles. The van der Waals surface area contributed by atoms with Gasteiger partial charge in [-0.3, -0.25) is 9.59 Å². The van der Waals surface area contributed by atoms with Crippen LogP contribution in [0.15, 0.2) is 58.4 Å². The van der Waals surface area contributed by atoms with Gasteiger partial charge in [0.1, 0.15) is 4.88 Å². The summed E-state index contributed by atoms with van der Waals surface area (Å²) in [6, 6.07) is 13.6. The highest BCUT2D eigenvalue weighted by atomic mass is 32.2. The smallest absolute Gasteiger partial charge is 0.308 e. The summed E-state index contributed by atoms with van der Waals surface area (Å²) >= 11 is 2.62. The lowest BCUT2D eigenvalue weighted by atomic mass is 10.2. The zero-order chi connectivity index (χ0) is 19.5. The molecule has 1 aliphatic rings. The van der Waals surface area contributed by atoms with Crippen LogP contribution >= 0.6 is 23.1 Å². The predicted molar refractivity (Wildman–Crippen MR) is 110 cm³/mol. The Hall–Kier alpha value is -2.71. The number of benzene rings is 2. The molecule has 6 nitrogen and oxygen atoms in total. The number of amides is 1. The van der Waals surface area contributed by atoms with Crippen LogP contribution in [0.25, 0.3) is 0 Å². The van der Waals surface area contributed by atoms with Crippen molar-refractivity contribution >= 4 is 29.0 Å². The summed E-state index contributed by atoms with van der Waals surface area (Å²) in [6.07, 6.45) is 3.64. The third-order valence-electron chi connectivity index (χ3n) is 4.33. The highest BCUT2D eigenvalue weighted by molar-refractivity contribution is 7.98. The molecule has 1 aliphatic heterocycles. The summed E-state index contributed by atoms with van der Waals surface area (Å²) in [6.45, 7) is 1.00. The van der Waals surface area contributed by atoms with Crippen molar-refractivity contribution in [1.29, 1.82) is 0 Å². The number of hydrogen-bond acceptors (Lipinski definition) is 6. The minimum atomic E-state index is -0.267. The van der Waals surface area contributed by atoms with Crippen molar-refractivity contribution in [2.75, 3.05) is 13.0 Å². The van der Waals surface area contributed by atoms with Crippen LogP contribution < -0.4 is 19.7 Å². The van der Waals surface area contributed by atoms with E-state index in [0.29, 0.717) is 29.5 Å². The number of nitrogens with zero attached hydrogens (tertiary/aromatic N) is 1. The van der Waals surface area contributed by atoms with Crippen LogP contribution in [0.1, 0.15) is 20.8 Å². The Morgan fingerprint density at radius 2 is 1.89 bits per heavy atom. The number of nitrogens with one attached hydrogen (secondary N) is 1. The fraction of sp³-hybridized carbons (Fsp3) is 0.200. The third kappa shape index (κ3) is 4.07. The van der Waals surface area contributed by atoms with Crippen LogP contribution in [0.4, 0.5) is 0 Å². The number of ether oxygens (including phenoxy) is 2. The molecule has 1 aromatic heterocycles. The molecule has 28 heavy (non-hydrogen) atoms. The van der Waals surface area contributed by atoms with Gasteiger partial charge in [-0.15, -0.1) is 11.8 Å². The van der Waals surface area contributed by atoms with Gasteiger partial charge in [-0.25, -0.2) is 0 Å². The highest BCUT2D eigenvalue weighted by Gasteiger charge is 2.15. The molecule has 0 saturated carbocycles. The maximum Gasteiger partial charge on any atom is 0.308 e. The molecule has 0 fully saturated rings. The zero-order valence-electron chi connectivity index (χ0n) is 15.1. The fourth-order valence-electron chi connectivity index (χ4n) is 2.84. The Kier molecular flexibility index (Phi) is 5.40. The van der Waals surface area contributed by atoms with E-state index in [1.165, 1.54) is 4.90 Å². The maximum absolute atomic E-state index is 12.4. The molecule has 4 rings (SSSR count). The number of rotatable bonds is 6. The van der Waals surface area contributed by atoms with E-state index < -0.39 is 0 Å². The molecular weight excluding hydrogens is 396 g/mol. The van der Waals surface area contributed by atoms with Crippen LogP contribution in [0.3, 0.4) is 0 Å². The molecule has 1 amide bonds. The van der Waals surface area contributed by atoms with Gasteiger partial charge in [0.05, 0.1) is 6.54 Å². The molecule has 0 aliphatic carbocycles. The molecule has 144 valence electrons. The molecule has 8 heteroatoms. The van der Waals surface area contributed by atoms with Crippen molar-refractivity contribution in [2.45, 2.75) is 18.0 Å². The summed E-state index contributed by atoms with van der Waals surface area (Å²) in [4.78, 5) is 26.1. The Balaban J connectivity index is 1.40. The van der Waals surface area contributed by atoms with Gasteiger partial charge >= 0.3 is 4.87 Å². The van der Waals surface area contributed by atoms with E-state index in [1.54, 1.807) is 22.5 Å². The molecule has 3 aromatic rings. The maximum atomic E-state index is 12.4. The van der Waals surface area contributed by atoms with Gasteiger partial charge in [-0.2, -0.15) is 0 Å². The molecule has 2 heterocycles. The van der Waals surface area contributed by atoms with Crippen LogP contribution in [0.5, 0.6) is 11.5 Å². The summed E-state index contributed by atoms with van der Waals surface area (Å²) in [5, 5.41) is 2.85. The third-order valence-corrected chi connectivity index (χ3v) is 5.99. The largest absolute Gasteiger partial charge is 0.454 e. The second kappa shape index (κ2) is 8.12. The lowest BCUT2D eigenvalue weighted by Crippen LogP contribution is -2.21. The van der Waals surface area contributed by atoms with E-state index in [9.17, 15) is 9.59 Å². The molecule has 0 radical (unpaired) electrons. The number of aromatic nitrogens is 1. The van der Waals surface area contributed by atoms with Crippen LogP contribution in [-0.2, 0) is 13.1 Å². The first kappa shape index (κ1) is 18.6. The van der Waals surface area contributed by atoms with Crippen molar-refractivity contribution < 1.29 is 14.3 Å². The van der Waals surface area contributed by atoms with E-state index in [2.05, 4.69) is 5.32 Å². The monoisotopic (exact) mass is 414 g/mol. The molecule has 0 spiro atoms. The molecule has 1 N–H and O–H groups in total. The first-order valence-corrected chi connectivity index (χ1v) is 10.7. The Labute approximate surface area is 170 Å². The number of thiazole rings is 1. The summed E-state index contributed by atoms with van der Waals surface area (Å²) in [5.41, 5.74) is 1.92. The topological polar surface area (TPSA) is 69.6 Å². The Morgan fingerprint density at radius 3 is 2.68 bits per heavy atom. The van der Waals surface area contributed by atoms with Gasteiger partial charge < -0.3 is 19.4 Å². The number of carbonyl (C=O) groups is 1. The van der Waals surface area contributed by atoms with Crippen molar-refractivity contribution in [3.8, 4) is 11.5 Å². The van der Waals surface area contributed by atoms with E-state index in [0.717, 1.165) is 22.5 Å². The quantitative estimate of drug-likeness (QED) is 0.627. The second-order valence-corrected chi connectivity index (χ2v) is 8.08. The average molecular weight is 415 g/mol. The van der Waals surface area contributed by atoms with Gasteiger partial charge in [0, 0.05) is 17.6 Å². The minimum absolute atomic E-state index is 0.151. The molecule has 0 unspecified atom stereocenters. The number of carbonyl (C=O) groups excluding carboxylic acids is 1. The van der Waals surface area contributed by atoms with Gasteiger partial charge in [-0.1, -0.05) is 29.5 Å². The standard InChI is InChI=1S/C20H18N2O4S2/c1-27-15-5-2-13(3-6-15)10-22-11-18(28-20(22)24)19(23)21-9-14-4-7-16-17(8-14)26-12-25-16/h2-8,11H,9-10,12H2,1H3,(H,21,23). The van der Waals surface area contributed by atoms with Gasteiger partial charge in [0.25, 0.3) is 5.91 Å². The van der Waals surface area contributed by atoms with Crippen molar-refractivity contribution in [3.05, 3.63) is 74.3 Å². The fourth-order valence-corrected chi connectivity index (χ4v) is 4.01. The first-order chi connectivity index (χ1) is 13.6. The number of fused-ring (bicyclic) bond motifs is 1. The van der Waals surface area contributed by atoms with E-state index in [-0.39, 0.29) is 17.6 Å². The summed E-state index contributed by atoms with van der Waals surface area (Å²) in [5.74, 6) is 1.11. The summed E-state index contributed by atoms with van der Waals surface area (Å²) < 4.78 is 12.2. The lowest BCUT2D eigenvalue weighted by Gasteiger charge is -2.05. The second-order valence-electron chi connectivity index (χ2n) is 6.21. The number of thioether (sulfide) groups is 1. The normalized spacial score (nSPS) is 12.2. The van der Waals surface area contributed by atoms with E-state index >= 15 is 0 Å². The molecular formula is C20H18N2O4S2. The van der Waals surface area contributed by atoms with Crippen LogP contribution in [0.2, 0.25) is 0 Å². The number of hydrogen-bond donors (Lipinski definition) is 1. The highest BCUT2D eigenvalue weighted by Crippen LogP contribution is 2.32. The first-order valence-electron chi connectivity index (χ1n) is 8.62.